The molecule has 2 radical (unpaired) electrons. The molecule has 2 aromatic carbocycles. The van der Waals surface area contributed by atoms with Crippen molar-refractivity contribution in [1.82, 2.24) is 19.8 Å². The summed E-state index contributed by atoms with van der Waals surface area (Å²) < 4.78 is 0. The Hall–Kier alpha value is -4.29. The maximum absolute atomic E-state index is 12.9. The van der Waals surface area contributed by atoms with E-state index in [1.54, 1.807) is 31.5 Å². The second-order valence-electron chi connectivity index (χ2n) is 10.9. The Kier molecular flexibility index (Phi) is 32.8. The van der Waals surface area contributed by atoms with E-state index in [4.69, 9.17) is 51.1 Å². The van der Waals surface area contributed by atoms with Gasteiger partial charge in [0.1, 0.15) is 12.6 Å². The van der Waals surface area contributed by atoms with Crippen LogP contribution < -0.4 is 15.3 Å². The number of nitrogens with zero attached hydrogens (tertiary/aromatic N) is 7. The summed E-state index contributed by atoms with van der Waals surface area (Å²) in [5.41, 5.74) is 4.79. The standard InChI is InChI=1S/C32H34N4O4.C2H5O.2Dy.3NO3/c1-23-13-25(31(39)27(15-23)21-37)17-35(19-29-7-3-5-9-33-29)11-12-36(20-30-8-4-6-10-34-30)18-26-14-24(2)16-28(22-38)32(26)40;1-2-3;;;3*2-1(3)4/h3-10,13-16,21-22,39-40H,11-12,17-20H2,1-2H3;2H2,1H3;;;;;/q;-1;2*+3;3*-1/p-2. The monoisotopic (exact) mass is 1100 g/mol. The molecule has 0 unspecified atom stereocenters. The van der Waals surface area contributed by atoms with E-state index in [1.165, 1.54) is 0 Å². The van der Waals surface area contributed by atoms with E-state index >= 15 is 0 Å². The molecule has 57 heavy (non-hydrogen) atoms. The van der Waals surface area contributed by atoms with Crippen molar-refractivity contribution in [3.8, 4) is 11.5 Å². The quantitative estimate of drug-likeness (QED) is 0.105. The first-order valence-corrected chi connectivity index (χ1v) is 15.8. The Morgan fingerprint density at radius 2 is 0.895 bits per heavy atom. The minimum absolute atomic E-state index is 0. The molecule has 0 aliphatic rings. The van der Waals surface area contributed by atoms with Crippen LogP contribution in [0.2, 0.25) is 0 Å². The molecule has 0 atom stereocenters. The zero-order chi connectivity index (χ0) is 41.9. The van der Waals surface area contributed by atoms with Crippen molar-refractivity contribution in [2.24, 2.45) is 0 Å². The number of aromatic nitrogens is 2. The first-order valence-electron chi connectivity index (χ1n) is 15.8. The first kappa shape index (κ1) is 57.0. The van der Waals surface area contributed by atoms with Gasteiger partial charge in [0.2, 0.25) is 0 Å². The van der Waals surface area contributed by atoms with Crippen LogP contribution in [0.15, 0.2) is 73.1 Å². The fraction of sp³-hybridized carbons (Fsp3) is 0.294. The molecule has 0 N–H and O–H groups in total. The average molecular weight is 1090 g/mol. The van der Waals surface area contributed by atoms with Crippen molar-refractivity contribution in [3.05, 3.63) is 164 Å². The van der Waals surface area contributed by atoms with E-state index in [1.807, 2.05) is 62.4 Å². The van der Waals surface area contributed by atoms with Gasteiger partial charge in [-0.25, -0.2) is 0 Å². The van der Waals surface area contributed by atoms with Gasteiger partial charge in [-0.3, -0.25) is 29.4 Å². The minimum Gasteiger partial charge on any atom is -0.872 e. The van der Waals surface area contributed by atoms with Gasteiger partial charge in [-0.15, -0.1) is 6.61 Å². The third-order valence-electron chi connectivity index (χ3n) is 6.68. The fourth-order valence-corrected chi connectivity index (χ4v) is 4.80. The van der Waals surface area contributed by atoms with Crippen molar-refractivity contribution < 1.29 is 117 Å². The van der Waals surface area contributed by atoms with Gasteiger partial charge in [-0.1, -0.05) is 53.8 Å². The Balaban J connectivity index is -0.00000148. The number of carbonyl (C=O) groups is 2. The molecule has 312 valence electrons. The number of hydrogen-bond donors (Lipinski definition) is 0. The third kappa shape index (κ3) is 27.1. The van der Waals surface area contributed by atoms with Gasteiger partial charge < -0.3 is 61.3 Å². The molecule has 0 saturated carbocycles. The Bertz CT molecular complexity index is 1650. The van der Waals surface area contributed by atoms with Crippen molar-refractivity contribution in [1.29, 1.82) is 0 Å². The van der Waals surface area contributed by atoms with Crippen LogP contribution in [0.5, 0.6) is 11.5 Å². The number of aldehydes is 2. The van der Waals surface area contributed by atoms with Gasteiger partial charge in [-0.05, 0) is 61.4 Å². The summed E-state index contributed by atoms with van der Waals surface area (Å²) >= 11 is 0. The van der Waals surface area contributed by atoms with Gasteiger partial charge in [0, 0.05) is 62.8 Å². The maximum atomic E-state index is 12.9. The normalized spacial score (nSPS) is 9.44. The summed E-state index contributed by atoms with van der Waals surface area (Å²) in [6.45, 7) is 8.06. The molecular weight excluding hydrogens is 1060 g/mol. The van der Waals surface area contributed by atoms with E-state index in [0.717, 1.165) is 22.5 Å². The van der Waals surface area contributed by atoms with Crippen LogP contribution in [-0.2, 0) is 26.2 Å². The fourth-order valence-electron chi connectivity index (χ4n) is 4.80. The molecule has 0 aliphatic carbocycles. The summed E-state index contributed by atoms with van der Waals surface area (Å²) in [6.07, 6.45) is 4.67. The zero-order valence-electron chi connectivity index (χ0n) is 30.5. The van der Waals surface area contributed by atoms with Crippen molar-refractivity contribution in [3.63, 3.8) is 0 Å². The number of hydrogen-bond acceptors (Lipinski definition) is 18. The Morgan fingerprint density at radius 1 is 0.596 bits per heavy atom. The van der Waals surface area contributed by atoms with Crippen LogP contribution in [0.1, 0.15) is 61.3 Å². The van der Waals surface area contributed by atoms with Gasteiger partial charge in [0.15, 0.2) is 0 Å². The smallest absolute Gasteiger partial charge is 0.872 e. The van der Waals surface area contributed by atoms with E-state index in [2.05, 4.69) is 19.8 Å². The second-order valence-corrected chi connectivity index (χ2v) is 10.9. The van der Waals surface area contributed by atoms with Crippen LogP contribution in [0.25, 0.3) is 0 Å². The summed E-state index contributed by atoms with van der Waals surface area (Å²) in [4.78, 5) is 60.9. The Morgan fingerprint density at radius 3 is 1.14 bits per heavy atom. The average Bonchev–Trinajstić information content (AvgIpc) is 3.10. The predicted molar refractivity (Wildman–Crippen MR) is 190 cm³/mol. The molecule has 0 bridgehead atoms. The molecule has 0 saturated heterocycles. The summed E-state index contributed by atoms with van der Waals surface area (Å²) in [6, 6.07) is 18.3. The maximum Gasteiger partial charge on any atom is 3.00 e. The SMILES string of the molecule is CC[O-].Cc1cc(C=O)c([O-])c(CN(CCN(Cc2ccccn2)Cc2cc(C)cc(C=O)c2[O-])Cc2ccccn2)c1.O=[N+]([O-])[O-].O=[N+]([O-])[O-].O=[N+]([O-])[O-].[Dy+3].[Dy+3]. The number of rotatable bonds is 13. The van der Waals surface area contributed by atoms with E-state index in [0.29, 0.717) is 63.0 Å². The number of pyridine rings is 2. The molecule has 0 amide bonds. The van der Waals surface area contributed by atoms with Gasteiger partial charge in [0.05, 0.1) is 26.6 Å². The van der Waals surface area contributed by atoms with Crippen LogP contribution >= 0.6 is 0 Å². The summed E-state index contributed by atoms with van der Waals surface area (Å²) in [5.74, 6) is -0.539. The zero-order valence-corrected chi connectivity index (χ0v) is 34.6. The van der Waals surface area contributed by atoms with Crippen molar-refractivity contribution in [2.45, 2.75) is 47.0 Å². The molecule has 2 aromatic heterocycles. The van der Waals surface area contributed by atoms with Crippen LogP contribution in [0.4, 0.5) is 0 Å². The molecular formula is C34H37Dy2N7O14. The molecule has 23 heteroatoms. The van der Waals surface area contributed by atoms with E-state index < -0.39 is 15.3 Å². The van der Waals surface area contributed by atoms with Crippen LogP contribution in [0.3, 0.4) is 0 Å². The molecule has 21 nitrogen and oxygen atoms in total. The minimum atomic E-state index is -1.75. The summed E-state index contributed by atoms with van der Waals surface area (Å²) in [7, 11) is 0. The molecule has 2 heterocycles. The van der Waals surface area contributed by atoms with E-state index in [-0.39, 0.29) is 106 Å². The van der Waals surface area contributed by atoms with E-state index in [9.17, 15) is 19.8 Å². The molecule has 4 rings (SSSR count). The number of aryl methyl sites for hydroxylation is 2. The third-order valence-corrected chi connectivity index (χ3v) is 6.68. The number of carbonyl (C=O) groups excluding carboxylic acids is 2. The van der Waals surface area contributed by atoms with Crippen molar-refractivity contribution >= 4 is 12.6 Å². The summed E-state index contributed by atoms with van der Waals surface area (Å²) in [5, 5.41) is 79.1. The Labute approximate surface area is 387 Å². The van der Waals surface area contributed by atoms with Crippen LogP contribution in [0, 0.1) is 136 Å². The van der Waals surface area contributed by atoms with Gasteiger partial charge >= 0.3 is 76.3 Å². The van der Waals surface area contributed by atoms with Crippen LogP contribution in [-0.4, -0.2) is 67.3 Å². The molecule has 0 spiro atoms. The predicted octanol–water partition coefficient (Wildman–Crippen LogP) is 2.22. The number of benzene rings is 2. The largest absolute Gasteiger partial charge is 3.00 e. The first-order chi connectivity index (χ1) is 26.0. The van der Waals surface area contributed by atoms with Gasteiger partial charge in [-0.2, -0.15) is 0 Å². The van der Waals surface area contributed by atoms with Gasteiger partial charge in [0.25, 0.3) is 0 Å². The molecule has 0 aliphatic heterocycles. The topological polar surface area (TPSA) is 334 Å². The molecule has 4 aromatic rings. The molecule has 0 fully saturated rings. The second kappa shape index (κ2) is 32.8. The van der Waals surface area contributed by atoms with Crippen molar-refractivity contribution in [2.75, 3.05) is 19.7 Å².